The lowest BCUT2D eigenvalue weighted by Gasteiger charge is -2.13. The number of nitrogens with zero attached hydrogens (tertiary/aromatic N) is 3. The average molecular weight is 373 g/mol. The summed E-state index contributed by atoms with van der Waals surface area (Å²) in [6.45, 7) is 2.18. The first-order chi connectivity index (χ1) is 12.6. The van der Waals surface area contributed by atoms with Crippen LogP contribution in [-0.2, 0) is 11.3 Å². The Labute approximate surface area is 155 Å². The van der Waals surface area contributed by atoms with Crippen molar-refractivity contribution in [1.82, 2.24) is 4.90 Å². The van der Waals surface area contributed by atoms with Crippen molar-refractivity contribution in [2.45, 2.75) is 18.7 Å². The van der Waals surface area contributed by atoms with Crippen molar-refractivity contribution < 1.29 is 18.7 Å². The fourth-order valence-electron chi connectivity index (χ4n) is 2.43. The molecule has 0 N–H and O–H groups in total. The second-order valence-electron chi connectivity index (χ2n) is 5.50. The first kappa shape index (κ1) is 18.1. The van der Waals surface area contributed by atoms with Gasteiger partial charge in [-0.15, -0.1) is 5.10 Å². The Hall–Kier alpha value is -2.74. The average Bonchev–Trinajstić information content (AvgIpc) is 3.26. The highest BCUT2D eigenvalue weighted by Crippen LogP contribution is 2.29. The van der Waals surface area contributed by atoms with Crippen molar-refractivity contribution in [2.24, 2.45) is 10.2 Å². The van der Waals surface area contributed by atoms with Gasteiger partial charge in [0.15, 0.2) is 5.17 Å². The molecule has 7 nitrogen and oxygen atoms in total. The highest BCUT2D eigenvalue weighted by atomic mass is 32.2. The summed E-state index contributed by atoms with van der Waals surface area (Å²) < 4.78 is 15.8. The number of furan rings is 1. The third-order valence-electron chi connectivity index (χ3n) is 3.80. The molecule has 1 atom stereocenters. The van der Waals surface area contributed by atoms with E-state index in [1.54, 1.807) is 43.7 Å². The Kier molecular flexibility index (Phi) is 5.62. The normalized spacial score (nSPS) is 18.9. The summed E-state index contributed by atoms with van der Waals surface area (Å²) in [6, 6.07) is 9.03. The van der Waals surface area contributed by atoms with Crippen LogP contribution in [0.2, 0.25) is 0 Å². The molecular weight excluding hydrogens is 354 g/mol. The van der Waals surface area contributed by atoms with Crippen LogP contribution < -0.4 is 9.47 Å². The molecule has 0 aliphatic carbocycles. The van der Waals surface area contributed by atoms with Crippen LogP contribution in [0.15, 0.2) is 51.2 Å². The van der Waals surface area contributed by atoms with Crippen molar-refractivity contribution in [1.29, 1.82) is 0 Å². The van der Waals surface area contributed by atoms with Gasteiger partial charge in [0.05, 0.1) is 38.5 Å². The Bertz CT molecular complexity index is 833. The van der Waals surface area contributed by atoms with E-state index in [4.69, 9.17) is 13.9 Å². The number of amides is 1. The van der Waals surface area contributed by atoms with Crippen LogP contribution in [0.4, 0.5) is 0 Å². The number of carbonyl (C=O) groups is 1. The third kappa shape index (κ3) is 3.91. The highest BCUT2D eigenvalue weighted by Gasteiger charge is 2.35. The van der Waals surface area contributed by atoms with E-state index in [1.165, 1.54) is 11.8 Å². The molecule has 1 unspecified atom stereocenters. The Morgan fingerprint density at radius 2 is 2.15 bits per heavy atom. The van der Waals surface area contributed by atoms with Gasteiger partial charge in [-0.2, -0.15) is 5.10 Å². The largest absolute Gasteiger partial charge is 0.497 e. The summed E-state index contributed by atoms with van der Waals surface area (Å²) in [6.07, 6.45) is 3.17. The molecule has 3 rings (SSSR count). The van der Waals surface area contributed by atoms with Crippen LogP contribution >= 0.6 is 11.8 Å². The minimum Gasteiger partial charge on any atom is -0.497 e. The second-order valence-corrected chi connectivity index (χ2v) is 6.81. The number of thioether (sulfide) groups is 1. The Morgan fingerprint density at radius 1 is 1.31 bits per heavy atom. The monoisotopic (exact) mass is 373 g/mol. The van der Waals surface area contributed by atoms with Crippen LogP contribution in [0.1, 0.15) is 18.2 Å². The van der Waals surface area contributed by atoms with E-state index in [2.05, 4.69) is 10.2 Å². The van der Waals surface area contributed by atoms with Gasteiger partial charge in [0, 0.05) is 11.6 Å². The molecule has 2 aromatic rings. The van der Waals surface area contributed by atoms with E-state index in [0.29, 0.717) is 29.0 Å². The first-order valence-corrected chi connectivity index (χ1v) is 8.84. The molecule has 1 amide bonds. The van der Waals surface area contributed by atoms with Crippen LogP contribution in [0, 0.1) is 0 Å². The number of benzene rings is 1. The predicted octanol–water partition coefficient (Wildman–Crippen LogP) is 3.15. The van der Waals surface area contributed by atoms with Crippen molar-refractivity contribution in [3.05, 3.63) is 47.9 Å². The molecule has 2 heterocycles. The van der Waals surface area contributed by atoms with Gasteiger partial charge >= 0.3 is 0 Å². The van der Waals surface area contributed by atoms with Gasteiger partial charge in [0.1, 0.15) is 17.3 Å². The van der Waals surface area contributed by atoms with Gasteiger partial charge < -0.3 is 13.9 Å². The molecule has 1 aliphatic heterocycles. The number of hydrogen-bond acceptors (Lipinski definition) is 7. The van der Waals surface area contributed by atoms with E-state index in [-0.39, 0.29) is 11.2 Å². The molecule has 136 valence electrons. The molecule has 1 aromatic heterocycles. The minimum absolute atomic E-state index is 0.0117. The topological polar surface area (TPSA) is 76.6 Å². The van der Waals surface area contributed by atoms with E-state index < -0.39 is 0 Å². The van der Waals surface area contributed by atoms with E-state index in [1.807, 2.05) is 25.1 Å². The standard InChI is InChI=1S/C18H19N3O4S/c1-12-17(22)21(11-15-5-4-8-25-15)18(26-12)20-19-10-13-6-7-14(23-2)9-16(13)24-3/h4-10,12H,11H2,1-3H3/b19-10-,20-18+. The predicted molar refractivity (Wildman–Crippen MR) is 101 cm³/mol. The molecular formula is C18H19N3O4S. The number of amidine groups is 1. The molecule has 1 aromatic carbocycles. The van der Waals surface area contributed by atoms with E-state index in [0.717, 1.165) is 5.56 Å². The van der Waals surface area contributed by atoms with Crippen molar-refractivity contribution in [3.63, 3.8) is 0 Å². The lowest BCUT2D eigenvalue weighted by molar-refractivity contribution is -0.126. The highest BCUT2D eigenvalue weighted by molar-refractivity contribution is 8.15. The van der Waals surface area contributed by atoms with Crippen LogP contribution in [0.3, 0.4) is 0 Å². The Balaban J connectivity index is 1.79. The summed E-state index contributed by atoms with van der Waals surface area (Å²) in [5, 5.41) is 8.70. The van der Waals surface area contributed by atoms with Gasteiger partial charge in [-0.1, -0.05) is 11.8 Å². The fraction of sp³-hybridized carbons (Fsp3) is 0.278. The lowest BCUT2D eigenvalue weighted by Crippen LogP contribution is -2.30. The third-order valence-corrected chi connectivity index (χ3v) is 4.87. The molecule has 8 heteroatoms. The van der Waals surface area contributed by atoms with E-state index >= 15 is 0 Å². The summed E-state index contributed by atoms with van der Waals surface area (Å²) in [5.74, 6) is 2.01. The molecule has 0 bridgehead atoms. The number of carbonyl (C=O) groups excluding carboxylic acids is 1. The van der Waals surface area contributed by atoms with Gasteiger partial charge in [-0.3, -0.25) is 9.69 Å². The lowest BCUT2D eigenvalue weighted by atomic mass is 10.2. The first-order valence-electron chi connectivity index (χ1n) is 7.96. The molecule has 0 saturated carbocycles. The number of hydrogen-bond donors (Lipinski definition) is 0. The van der Waals surface area contributed by atoms with Crippen LogP contribution in [-0.4, -0.2) is 41.7 Å². The van der Waals surface area contributed by atoms with Gasteiger partial charge in [0.25, 0.3) is 0 Å². The maximum atomic E-state index is 12.3. The number of rotatable bonds is 6. The molecule has 26 heavy (non-hydrogen) atoms. The molecule has 0 spiro atoms. The number of ether oxygens (including phenoxy) is 2. The van der Waals surface area contributed by atoms with E-state index in [9.17, 15) is 4.79 Å². The van der Waals surface area contributed by atoms with Crippen molar-refractivity contribution in [3.8, 4) is 11.5 Å². The molecule has 1 saturated heterocycles. The fourth-order valence-corrected chi connectivity index (χ4v) is 3.35. The van der Waals surface area contributed by atoms with Crippen molar-refractivity contribution in [2.75, 3.05) is 14.2 Å². The summed E-state index contributed by atoms with van der Waals surface area (Å²) in [7, 11) is 3.17. The Morgan fingerprint density at radius 3 is 2.85 bits per heavy atom. The molecule has 1 fully saturated rings. The summed E-state index contributed by atoms with van der Waals surface area (Å²) in [5.41, 5.74) is 0.762. The summed E-state index contributed by atoms with van der Waals surface area (Å²) in [4.78, 5) is 13.9. The van der Waals surface area contributed by atoms with Gasteiger partial charge in [0.2, 0.25) is 5.91 Å². The minimum atomic E-state index is -0.200. The van der Waals surface area contributed by atoms with Crippen LogP contribution in [0.5, 0.6) is 11.5 Å². The second kappa shape index (κ2) is 8.09. The van der Waals surface area contributed by atoms with Gasteiger partial charge in [-0.25, -0.2) is 0 Å². The zero-order valence-corrected chi connectivity index (χ0v) is 15.5. The smallest absolute Gasteiger partial charge is 0.242 e. The maximum Gasteiger partial charge on any atom is 0.242 e. The van der Waals surface area contributed by atoms with Crippen LogP contribution in [0.25, 0.3) is 0 Å². The SMILES string of the molecule is COc1ccc(/C=N\N=C2\SC(C)C(=O)N2Cc2ccco2)c(OC)c1. The maximum absolute atomic E-state index is 12.3. The number of methoxy groups -OCH3 is 2. The van der Waals surface area contributed by atoms with Crippen molar-refractivity contribution >= 4 is 29.1 Å². The summed E-state index contributed by atoms with van der Waals surface area (Å²) >= 11 is 1.37. The zero-order chi connectivity index (χ0) is 18.5. The molecule has 1 aliphatic rings. The molecule has 0 radical (unpaired) electrons. The zero-order valence-electron chi connectivity index (χ0n) is 14.7. The van der Waals surface area contributed by atoms with Gasteiger partial charge in [-0.05, 0) is 31.2 Å². The quantitative estimate of drug-likeness (QED) is 0.574.